The number of H-pyrrole nitrogens is 1. The quantitative estimate of drug-likeness (QED) is 0.741. The van der Waals surface area contributed by atoms with E-state index in [1.807, 2.05) is 30.3 Å². The van der Waals surface area contributed by atoms with Crippen molar-refractivity contribution in [2.24, 2.45) is 0 Å². The third-order valence-corrected chi connectivity index (χ3v) is 2.49. The SMILES string of the molecule is O=C(O)c1[nH]nc(-c2ccccc2)c1CCO. The van der Waals surface area contributed by atoms with E-state index in [9.17, 15) is 4.79 Å². The third kappa shape index (κ3) is 2.19. The van der Waals surface area contributed by atoms with Gasteiger partial charge >= 0.3 is 5.97 Å². The Morgan fingerprint density at radius 1 is 1.29 bits per heavy atom. The number of carboxylic acid groups (broad SMARTS) is 1. The Morgan fingerprint density at radius 2 is 2.00 bits per heavy atom. The molecular weight excluding hydrogens is 220 g/mol. The lowest BCUT2D eigenvalue weighted by molar-refractivity contribution is 0.0689. The number of hydrogen-bond donors (Lipinski definition) is 3. The monoisotopic (exact) mass is 232 g/mol. The van der Waals surface area contributed by atoms with E-state index >= 15 is 0 Å². The number of aliphatic hydroxyl groups is 1. The Morgan fingerprint density at radius 3 is 2.59 bits per heavy atom. The molecule has 2 aromatic rings. The second-order valence-electron chi connectivity index (χ2n) is 3.57. The van der Waals surface area contributed by atoms with E-state index in [0.717, 1.165) is 5.56 Å². The molecule has 0 unspecified atom stereocenters. The first-order valence-corrected chi connectivity index (χ1v) is 5.21. The molecule has 0 amide bonds. The predicted octanol–water partition coefficient (Wildman–Crippen LogP) is 1.31. The molecule has 0 saturated carbocycles. The molecule has 1 heterocycles. The van der Waals surface area contributed by atoms with Crippen LogP contribution in [0.15, 0.2) is 30.3 Å². The highest BCUT2D eigenvalue weighted by molar-refractivity contribution is 5.89. The van der Waals surface area contributed by atoms with Crippen LogP contribution in [0.1, 0.15) is 16.1 Å². The fourth-order valence-corrected chi connectivity index (χ4v) is 1.73. The van der Waals surface area contributed by atoms with Crippen molar-refractivity contribution >= 4 is 5.97 Å². The van der Waals surface area contributed by atoms with Gasteiger partial charge in [0.25, 0.3) is 0 Å². The Labute approximate surface area is 97.7 Å². The van der Waals surface area contributed by atoms with Gasteiger partial charge in [-0.1, -0.05) is 30.3 Å². The number of carboxylic acids is 1. The first-order valence-electron chi connectivity index (χ1n) is 5.21. The second-order valence-corrected chi connectivity index (χ2v) is 3.57. The highest BCUT2D eigenvalue weighted by Gasteiger charge is 2.18. The summed E-state index contributed by atoms with van der Waals surface area (Å²) in [6.07, 6.45) is 0.266. The molecule has 1 aromatic heterocycles. The molecule has 3 N–H and O–H groups in total. The maximum atomic E-state index is 11.0. The highest BCUT2D eigenvalue weighted by Crippen LogP contribution is 2.24. The van der Waals surface area contributed by atoms with E-state index < -0.39 is 5.97 Å². The minimum absolute atomic E-state index is 0.0397. The van der Waals surface area contributed by atoms with Gasteiger partial charge in [-0.25, -0.2) is 4.79 Å². The van der Waals surface area contributed by atoms with Crippen LogP contribution in [-0.2, 0) is 6.42 Å². The smallest absolute Gasteiger partial charge is 0.354 e. The van der Waals surface area contributed by atoms with Crippen LogP contribution in [0.2, 0.25) is 0 Å². The van der Waals surface area contributed by atoms with Crippen LogP contribution in [0.4, 0.5) is 0 Å². The van der Waals surface area contributed by atoms with E-state index in [0.29, 0.717) is 11.3 Å². The molecule has 88 valence electrons. The van der Waals surface area contributed by atoms with Crippen molar-refractivity contribution in [3.8, 4) is 11.3 Å². The number of hydrogen-bond acceptors (Lipinski definition) is 3. The van der Waals surface area contributed by atoms with Crippen molar-refractivity contribution in [1.29, 1.82) is 0 Å². The minimum Gasteiger partial charge on any atom is -0.477 e. The number of aliphatic hydroxyl groups excluding tert-OH is 1. The van der Waals surface area contributed by atoms with Gasteiger partial charge in [-0.05, 0) is 0 Å². The number of aromatic nitrogens is 2. The van der Waals surface area contributed by atoms with Gasteiger partial charge in [0.1, 0.15) is 5.69 Å². The average Bonchev–Trinajstić information content (AvgIpc) is 2.75. The molecule has 5 nitrogen and oxygen atoms in total. The number of nitrogens with zero attached hydrogens (tertiary/aromatic N) is 1. The molecule has 0 bridgehead atoms. The number of aromatic amines is 1. The van der Waals surface area contributed by atoms with Gasteiger partial charge in [0.2, 0.25) is 0 Å². The van der Waals surface area contributed by atoms with E-state index in [-0.39, 0.29) is 18.7 Å². The van der Waals surface area contributed by atoms with Crippen LogP contribution in [0, 0.1) is 0 Å². The zero-order chi connectivity index (χ0) is 12.3. The summed E-state index contributed by atoms with van der Waals surface area (Å²) in [4.78, 5) is 11.0. The zero-order valence-corrected chi connectivity index (χ0v) is 9.05. The number of carbonyl (C=O) groups is 1. The van der Waals surface area contributed by atoms with E-state index in [1.165, 1.54) is 0 Å². The first-order chi connectivity index (χ1) is 8.24. The lowest BCUT2D eigenvalue weighted by Gasteiger charge is -2.01. The molecule has 17 heavy (non-hydrogen) atoms. The van der Waals surface area contributed by atoms with Crippen molar-refractivity contribution < 1.29 is 15.0 Å². The summed E-state index contributed by atoms with van der Waals surface area (Å²) in [7, 11) is 0. The van der Waals surface area contributed by atoms with Gasteiger partial charge in [-0.2, -0.15) is 5.10 Å². The van der Waals surface area contributed by atoms with Crippen LogP contribution in [0.3, 0.4) is 0 Å². The Balaban J connectivity index is 2.51. The number of rotatable bonds is 4. The van der Waals surface area contributed by atoms with E-state index in [2.05, 4.69) is 10.2 Å². The molecule has 5 heteroatoms. The van der Waals surface area contributed by atoms with Crippen molar-refractivity contribution in [2.45, 2.75) is 6.42 Å². The summed E-state index contributed by atoms with van der Waals surface area (Å²) in [5.74, 6) is -1.07. The Bertz CT molecular complexity index is 520. The van der Waals surface area contributed by atoms with E-state index in [1.54, 1.807) is 0 Å². The zero-order valence-electron chi connectivity index (χ0n) is 9.05. The standard InChI is InChI=1S/C12H12N2O3/c15-7-6-9-10(8-4-2-1-3-5-8)13-14-11(9)12(16)17/h1-5,15H,6-7H2,(H,13,14)(H,16,17). The summed E-state index contributed by atoms with van der Waals surface area (Å²) in [6.45, 7) is -0.111. The van der Waals surface area contributed by atoms with Gasteiger partial charge in [-0.15, -0.1) is 0 Å². The molecule has 0 atom stereocenters. The van der Waals surface area contributed by atoms with Gasteiger partial charge in [0.15, 0.2) is 0 Å². The minimum atomic E-state index is -1.07. The van der Waals surface area contributed by atoms with Crippen LogP contribution >= 0.6 is 0 Å². The molecule has 0 saturated heterocycles. The fraction of sp³-hybridized carbons (Fsp3) is 0.167. The average molecular weight is 232 g/mol. The van der Waals surface area contributed by atoms with Crippen LogP contribution in [0.25, 0.3) is 11.3 Å². The van der Waals surface area contributed by atoms with Crippen LogP contribution in [-0.4, -0.2) is 33.0 Å². The lowest BCUT2D eigenvalue weighted by Crippen LogP contribution is -2.03. The van der Waals surface area contributed by atoms with Gasteiger partial charge in [0.05, 0.1) is 5.69 Å². The number of aromatic carboxylic acids is 1. The summed E-state index contributed by atoms with van der Waals surface area (Å²) >= 11 is 0. The Kier molecular flexibility index (Phi) is 3.20. The van der Waals surface area contributed by atoms with Crippen LogP contribution in [0.5, 0.6) is 0 Å². The largest absolute Gasteiger partial charge is 0.477 e. The van der Waals surface area contributed by atoms with Gasteiger partial charge in [0, 0.05) is 24.2 Å². The van der Waals surface area contributed by atoms with Gasteiger partial charge in [-0.3, -0.25) is 5.10 Å². The maximum absolute atomic E-state index is 11.0. The van der Waals surface area contributed by atoms with Crippen molar-refractivity contribution in [2.75, 3.05) is 6.61 Å². The number of benzene rings is 1. The molecule has 0 aliphatic carbocycles. The first kappa shape index (κ1) is 11.3. The molecule has 0 radical (unpaired) electrons. The molecule has 0 aliphatic heterocycles. The van der Waals surface area contributed by atoms with Crippen LogP contribution < -0.4 is 0 Å². The molecule has 2 rings (SSSR count). The molecule has 0 aliphatic rings. The predicted molar refractivity (Wildman–Crippen MR) is 61.8 cm³/mol. The fourth-order valence-electron chi connectivity index (χ4n) is 1.73. The topological polar surface area (TPSA) is 86.2 Å². The maximum Gasteiger partial charge on any atom is 0.354 e. The van der Waals surface area contributed by atoms with Crippen molar-refractivity contribution in [1.82, 2.24) is 10.2 Å². The summed E-state index contributed by atoms with van der Waals surface area (Å²) < 4.78 is 0. The molecular formula is C12H12N2O3. The summed E-state index contributed by atoms with van der Waals surface area (Å²) in [5.41, 5.74) is 1.99. The van der Waals surface area contributed by atoms with Crippen molar-refractivity contribution in [3.05, 3.63) is 41.6 Å². The normalized spacial score (nSPS) is 10.4. The summed E-state index contributed by atoms with van der Waals surface area (Å²) in [5, 5.41) is 24.5. The van der Waals surface area contributed by atoms with Gasteiger partial charge < -0.3 is 10.2 Å². The molecule has 0 spiro atoms. The number of nitrogens with one attached hydrogen (secondary N) is 1. The van der Waals surface area contributed by atoms with Crippen molar-refractivity contribution in [3.63, 3.8) is 0 Å². The lowest BCUT2D eigenvalue weighted by atomic mass is 10.0. The third-order valence-electron chi connectivity index (χ3n) is 2.49. The van der Waals surface area contributed by atoms with E-state index in [4.69, 9.17) is 10.2 Å². The Hall–Kier alpha value is -2.14. The molecule has 0 fully saturated rings. The summed E-state index contributed by atoms with van der Waals surface area (Å²) in [6, 6.07) is 9.28. The molecule has 1 aromatic carbocycles. The second kappa shape index (κ2) is 4.80. The highest BCUT2D eigenvalue weighted by atomic mass is 16.4.